The largest absolute Gasteiger partial charge is 0.492 e. The van der Waals surface area contributed by atoms with Crippen molar-refractivity contribution < 1.29 is 4.74 Å². The van der Waals surface area contributed by atoms with Crippen LogP contribution < -0.4 is 9.64 Å². The third kappa shape index (κ3) is 3.84. The number of aryl methyl sites for hydroxylation is 1. The second-order valence-corrected chi connectivity index (χ2v) is 5.98. The van der Waals surface area contributed by atoms with E-state index < -0.39 is 0 Å². The molecule has 1 aliphatic rings. The normalized spacial score (nSPS) is 15.7. The molecule has 0 amide bonds. The van der Waals surface area contributed by atoms with E-state index in [0.29, 0.717) is 6.61 Å². The molecule has 0 saturated carbocycles. The molecule has 1 saturated heterocycles. The number of nitrogens with zero attached hydrogens (tertiary/aromatic N) is 6. The Morgan fingerprint density at radius 2 is 1.88 bits per heavy atom. The molecule has 1 fully saturated rings. The second-order valence-electron chi connectivity index (χ2n) is 5.98. The summed E-state index contributed by atoms with van der Waals surface area (Å²) in [5, 5.41) is 12.0. The fourth-order valence-corrected chi connectivity index (χ4v) is 3.06. The van der Waals surface area contributed by atoms with Gasteiger partial charge in [-0.05, 0) is 35.9 Å². The maximum atomic E-state index is 5.76. The maximum absolute atomic E-state index is 5.76. The van der Waals surface area contributed by atoms with Gasteiger partial charge in [-0.15, -0.1) is 5.10 Å². The first kappa shape index (κ1) is 16.7. The number of aromatic nitrogens is 4. The van der Waals surface area contributed by atoms with Gasteiger partial charge in [0, 0.05) is 32.7 Å². The van der Waals surface area contributed by atoms with Crippen LogP contribution in [0.4, 0.5) is 5.69 Å². The van der Waals surface area contributed by atoms with Gasteiger partial charge in [0.05, 0.1) is 18.8 Å². The van der Waals surface area contributed by atoms with E-state index >= 15 is 0 Å². The third-order valence-electron chi connectivity index (χ3n) is 4.28. The highest BCUT2D eigenvalue weighted by Gasteiger charge is 2.21. The molecule has 1 aromatic carbocycles. The van der Waals surface area contributed by atoms with Crippen molar-refractivity contribution in [3.63, 3.8) is 0 Å². The minimum atomic E-state index is 0.692. The number of hydrogen-bond donors (Lipinski definition) is 0. The second kappa shape index (κ2) is 8.10. The van der Waals surface area contributed by atoms with Gasteiger partial charge in [-0.1, -0.05) is 19.1 Å². The van der Waals surface area contributed by atoms with E-state index in [1.54, 1.807) is 0 Å². The van der Waals surface area contributed by atoms with E-state index in [0.717, 1.165) is 57.3 Å². The van der Waals surface area contributed by atoms with Crippen molar-refractivity contribution in [2.45, 2.75) is 33.4 Å². The molecule has 0 atom stereocenters. The average molecular weight is 330 g/mol. The van der Waals surface area contributed by atoms with E-state index in [9.17, 15) is 0 Å². The highest BCUT2D eigenvalue weighted by molar-refractivity contribution is 5.58. The van der Waals surface area contributed by atoms with Crippen LogP contribution >= 0.6 is 0 Å². The molecule has 1 aromatic heterocycles. The Kier molecular flexibility index (Phi) is 5.63. The Morgan fingerprint density at radius 3 is 2.62 bits per heavy atom. The number of ether oxygens (including phenoxy) is 1. The smallest absolute Gasteiger partial charge is 0.165 e. The first-order valence-electron chi connectivity index (χ1n) is 8.76. The highest BCUT2D eigenvalue weighted by Crippen LogP contribution is 2.28. The number of tetrazole rings is 1. The predicted octanol–water partition coefficient (Wildman–Crippen LogP) is 1.80. The quantitative estimate of drug-likeness (QED) is 0.771. The van der Waals surface area contributed by atoms with Gasteiger partial charge in [-0.2, -0.15) is 0 Å². The van der Waals surface area contributed by atoms with Gasteiger partial charge in [-0.3, -0.25) is 4.90 Å². The number of rotatable bonds is 7. The summed E-state index contributed by atoms with van der Waals surface area (Å²) in [5.41, 5.74) is 1.19. The lowest BCUT2D eigenvalue weighted by Gasteiger charge is -2.36. The molecule has 1 aliphatic heterocycles. The summed E-state index contributed by atoms with van der Waals surface area (Å²) >= 11 is 0. The van der Waals surface area contributed by atoms with Crippen LogP contribution in [0.3, 0.4) is 0 Å². The van der Waals surface area contributed by atoms with Crippen molar-refractivity contribution in [1.82, 2.24) is 25.1 Å². The third-order valence-corrected chi connectivity index (χ3v) is 4.28. The number of para-hydroxylation sites is 2. The molecule has 2 heterocycles. The molecule has 0 unspecified atom stereocenters. The first-order valence-corrected chi connectivity index (χ1v) is 8.76. The Hall–Kier alpha value is -2.15. The van der Waals surface area contributed by atoms with E-state index in [-0.39, 0.29) is 0 Å². The zero-order chi connectivity index (χ0) is 16.8. The van der Waals surface area contributed by atoms with Crippen LogP contribution in [0.2, 0.25) is 0 Å². The summed E-state index contributed by atoms with van der Waals surface area (Å²) in [7, 11) is 0. The molecule has 2 aromatic rings. The van der Waals surface area contributed by atoms with Gasteiger partial charge < -0.3 is 9.64 Å². The molecule has 7 nitrogen and oxygen atoms in total. The lowest BCUT2D eigenvalue weighted by atomic mass is 10.2. The van der Waals surface area contributed by atoms with Crippen LogP contribution in [-0.4, -0.2) is 57.9 Å². The number of piperazine rings is 1. The van der Waals surface area contributed by atoms with Gasteiger partial charge in [0.15, 0.2) is 5.82 Å². The fourth-order valence-electron chi connectivity index (χ4n) is 3.06. The van der Waals surface area contributed by atoms with E-state index in [1.807, 2.05) is 23.7 Å². The fraction of sp³-hybridized carbons (Fsp3) is 0.588. The maximum Gasteiger partial charge on any atom is 0.165 e. The summed E-state index contributed by atoms with van der Waals surface area (Å²) in [4.78, 5) is 4.81. The molecule has 7 heteroatoms. The number of hydrogen-bond acceptors (Lipinski definition) is 6. The van der Waals surface area contributed by atoms with Crippen LogP contribution in [0.25, 0.3) is 0 Å². The Morgan fingerprint density at radius 1 is 1.08 bits per heavy atom. The van der Waals surface area contributed by atoms with Crippen molar-refractivity contribution in [1.29, 1.82) is 0 Å². The van der Waals surface area contributed by atoms with Gasteiger partial charge in [0.25, 0.3) is 0 Å². The van der Waals surface area contributed by atoms with Crippen molar-refractivity contribution in [3.8, 4) is 5.75 Å². The van der Waals surface area contributed by atoms with Crippen LogP contribution in [0, 0.1) is 0 Å². The van der Waals surface area contributed by atoms with Crippen molar-refractivity contribution in [2.24, 2.45) is 0 Å². The summed E-state index contributed by atoms with van der Waals surface area (Å²) < 4.78 is 7.67. The van der Waals surface area contributed by atoms with Gasteiger partial charge in [-0.25, -0.2) is 4.68 Å². The molecule has 0 bridgehead atoms. The van der Waals surface area contributed by atoms with Crippen LogP contribution in [0.1, 0.15) is 26.1 Å². The minimum absolute atomic E-state index is 0.692. The summed E-state index contributed by atoms with van der Waals surface area (Å²) in [6, 6.07) is 8.29. The van der Waals surface area contributed by atoms with E-state index in [4.69, 9.17) is 4.74 Å². The van der Waals surface area contributed by atoms with Crippen LogP contribution in [0.15, 0.2) is 24.3 Å². The van der Waals surface area contributed by atoms with Gasteiger partial charge in [0.2, 0.25) is 0 Å². The lowest BCUT2D eigenvalue weighted by Crippen LogP contribution is -2.46. The van der Waals surface area contributed by atoms with Gasteiger partial charge in [0.1, 0.15) is 5.75 Å². The van der Waals surface area contributed by atoms with Crippen LogP contribution in [0.5, 0.6) is 5.75 Å². The SMILES string of the molecule is CCCn1nnnc1CN1CCN(c2ccccc2OCC)CC1. The molecule has 0 N–H and O–H groups in total. The van der Waals surface area contributed by atoms with Crippen molar-refractivity contribution in [2.75, 3.05) is 37.7 Å². The standard InChI is InChI=1S/C17H26N6O/c1-3-9-23-17(18-19-20-23)14-21-10-12-22(13-11-21)15-7-5-6-8-16(15)24-4-2/h5-8H,3-4,9-14H2,1-2H3. The van der Waals surface area contributed by atoms with Crippen molar-refractivity contribution >= 4 is 5.69 Å². The molecule has 0 radical (unpaired) electrons. The average Bonchev–Trinajstić information content (AvgIpc) is 3.04. The first-order chi connectivity index (χ1) is 11.8. The lowest BCUT2D eigenvalue weighted by molar-refractivity contribution is 0.238. The summed E-state index contributed by atoms with van der Waals surface area (Å²) in [5.74, 6) is 1.93. The Bertz CT molecular complexity index is 636. The molecule has 24 heavy (non-hydrogen) atoms. The zero-order valence-corrected chi connectivity index (χ0v) is 14.6. The molecular weight excluding hydrogens is 304 g/mol. The monoisotopic (exact) mass is 330 g/mol. The Labute approximate surface area is 143 Å². The predicted molar refractivity (Wildman–Crippen MR) is 93.2 cm³/mol. The number of benzene rings is 1. The number of anilines is 1. The minimum Gasteiger partial charge on any atom is -0.492 e. The van der Waals surface area contributed by atoms with E-state index in [1.165, 1.54) is 5.69 Å². The van der Waals surface area contributed by atoms with E-state index in [2.05, 4.69) is 44.4 Å². The summed E-state index contributed by atoms with van der Waals surface area (Å²) in [6.07, 6.45) is 1.04. The van der Waals surface area contributed by atoms with Crippen molar-refractivity contribution in [3.05, 3.63) is 30.1 Å². The van der Waals surface area contributed by atoms with Gasteiger partial charge >= 0.3 is 0 Å². The molecule has 130 valence electrons. The molecule has 3 rings (SSSR count). The highest BCUT2D eigenvalue weighted by atomic mass is 16.5. The van der Waals surface area contributed by atoms with Crippen LogP contribution in [-0.2, 0) is 13.1 Å². The topological polar surface area (TPSA) is 59.3 Å². The zero-order valence-electron chi connectivity index (χ0n) is 14.6. The molecule has 0 spiro atoms. The molecule has 0 aliphatic carbocycles. The summed E-state index contributed by atoms with van der Waals surface area (Å²) in [6.45, 7) is 10.5. The molecular formula is C17H26N6O. The Balaban J connectivity index is 1.59.